The topological polar surface area (TPSA) is 72.3 Å². The van der Waals surface area contributed by atoms with Gasteiger partial charge in [-0.15, -0.1) is 0 Å². The van der Waals surface area contributed by atoms with Gasteiger partial charge in [0, 0.05) is 30.6 Å². The highest BCUT2D eigenvalue weighted by atomic mass is 35.5. The van der Waals surface area contributed by atoms with Crippen LogP contribution in [0.1, 0.15) is 31.1 Å². The van der Waals surface area contributed by atoms with Crippen LogP contribution in [0.25, 0.3) is 21.8 Å². The van der Waals surface area contributed by atoms with Crippen molar-refractivity contribution >= 4 is 49.2 Å². The summed E-state index contributed by atoms with van der Waals surface area (Å²) < 4.78 is 28.1. The Morgan fingerprint density at radius 1 is 1.03 bits per heavy atom. The minimum atomic E-state index is -3.56. The van der Waals surface area contributed by atoms with Gasteiger partial charge < -0.3 is 9.47 Å². The molecule has 1 aliphatic rings. The molecule has 0 saturated carbocycles. The van der Waals surface area contributed by atoms with Crippen LogP contribution < -0.4 is 0 Å². The number of imidazole rings is 1. The molecular weight excluding hydrogens is 470 g/mol. The number of halogens is 1. The summed E-state index contributed by atoms with van der Waals surface area (Å²) in [6.45, 7) is 3.25. The zero-order valence-electron chi connectivity index (χ0n) is 18.9. The lowest BCUT2D eigenvalue weighted by Crippen LogP contribution is -2.39. The molecule has 0 radical (unpaired) electrons. The number of hydrogen-bond acceptors (Lipinski definition) is 4. The number of piperidine rings is 1. The van der Waals surface area contributed by atoms with E-state index in [-0.39, 0.29) is 29.0 Å². The lowest BCUT2D eigenvalue weighted by molar-refractivity contribution is -0.132. The maximum Gasteiger partial charge on any atom is 0.223 e. The van der Waals surface area contributed by atoms with Crippen molar-refractivity contribution in [2.45, 2.75) is 37.1 Å². The highest BCUT2D eigenvalue weighted by Crippen LogP contribution is 2.29. The van der Waals surface area contributed by atoms with E-state index in [9.17, 15) is 13.2 Å². The monoisotopic (exact) mass is 495 g/mol. The van der Waals surface area contributed by atoms with Crippen molar-refractivity contribution in [1.29, 1.82) is 0 Å². The van der Waals surface area contributed by atoms with Gasteiger partial charge in [0.2, 0.25) is 5.91 Å². The molecule has 8 heteroatoms. The van der Waals surface area contributed by atoms with Crippen molar-refractivity contribution in [1.82, 2.24) is 14.5 Å². The summed E-state index contributed by atoms with van der Waals surface area (Å²) >= 11 is 6.01. The molecule has 34 heavy (non-hydrogen) atoms. The Hall–Kier alpha value is -2.90. The van der Waals surface area contributed by atoms with Crippen molar-refractivity contribution in [3.8, 4) is 0 Å². The van der Waals surface area contributed by atoms with Gasteiger partial charge in [-0.05, 0) is 66.9 Å². The van der Waals surface area contributed by atoms with Gasteiger partial charge in [0.1, 0.15) is 5.82 Å². The molecule has 0 spiro atoms. The molecule has 2 heterocycles. The molecular formula is C26H26ClN3O3S. The van der Waals surface area contributed by atoms with Crippen LogP contribution in [0.5, 0.6) is 0 Å². The molecule has 0 aliphatic carbocycles. The second-order valence-electron chi connectivity index (χ2n) is 8.85. The molecule has 0 N–H and O–H groups in total. The summed E-state index contributed by atoms with van der Waals surface area (Å²) in [5.74, 6) is 0.674. The predicted octanol–water partition coefficient (Wildman–Crippen LogP) is 5.18. The molecule has 4 aromatic rings. The maximum atomic E-state index is 12.9. The Balaban J connectivity index is 1.22. The Labute approximate surface area is 204 Å². The highest BCUT2D eigenvalue weighted by molar-refractivity contribution is 7.91. The zero-order valence-corrected chi connectivity index (χ0v) is 20.5. The number of para-hydroxylation sites is 2. The summed E-state index contributed by atoms with van der Waals surface area (Å²) in [7, 11) is -3.56. The molecule has 1 saturated heterocycles. The number of nitrogens with zero attached hydrogens (tertiary/aromatic N) is 3. The SMILES string of the molecule is Cc1nc2ccccc2n1C1CCN(C(=O)CCS(=O)(=O)c2ccc3cc(Cl)ccc3c2)CC1. The fraction of sp³-hybridized carbons (Fsp3) is 0.308. The molecule has 176 valence electrons. The van der Waals surface area contributed by atoms with Crippen LogP contribution in [0.15, 0.2) is 65.6 Å². The fourth-order valence-corrected chi connectivity index (χ4v) is 6.33. The van der Waals surface area contributed by atoms with Crippen LogP contribution in [-0.4, -0.2) is 47.6 Å². The molecule has 0 bridgehead atoms. The lowest BCUT2D eigenvalue weighted by atomic mass is 10.0. The van der Waals surface area contributed by atoms with Crippen LogP contribution in [0.4, 0.5) is 0 Å². The Bertz CT molecular complexity index is 1490. The van der Waals surface area contributed by atoms with E-state index < -0.39 is 9.84 Å². The molecule has 5 rings (SSSR count). The van der Waals surface area contributed by atoms with E-state index in [1.165, 1.54) is 0 Å². The van der Waals surface area contributed by atoms with Crippen molar-refractivity contribution in [2.24, 2.45) is 0 Å². The largest absolute Gasteiger partial charge is 0.343 e. The van der Waals surface area contributed by atoms with Gasteiger partial charge in [-0.2, -0.15) is 0 Å². The predicted molar refractivity (Wildman–Crippen MR) is 135 cm³/mol. The zero-order chi connectivity index (χ0) is 23.9. The third-order valence-corrected chi connectivity index (χ3v) is 8.62. The molecule has 1 aliphatic heterocycles. The first kappa shape index (κ1) is 22.9. The van der Waals surface area contributed by atoms with Crippen molar-refractivity contribution in [2.75, 3.05) is 18.8 Å². The number of fused-ring (bicyclic) bond motifs is 2. The second kappa shape index (κ2) is 9.04. The summed E-state index contributed by atoms with van der Waals surface area (Å²) in [6, 6.07) is 18.7. The summed E-state index contributed by atoms with van der Waals surface area (Å²) in [6.07, 6.45) is 1.64. The van der Waals surface area contributed by atoms with Crippen LogP contribution in [0.3, 0.4) is 0 Å². The number of likely N-dealkylation sites (tertiary alicyclic amines) is 1. The standard InChI is InChI=1S/C26H26ClN3O3S/c1-18-28-24-4-2-3-5-25(24)30(18)22-10-13-29(14-11-22)26(31)12-15-34(32,33)23-9-7-19-16-21(27)8-6-20(19)17-23/h2-9,16-17,22H,10-15H2,1H3. The number of carbonyl (C=O) groups is 1. The lowest BCUT2D eigenvalue weighted by Gasteiger charge is -2.33. The van der Waals surface area contributed by atoms with Gasteiger partial charge in [-0.25, -0.2) is 13.4 Å². The number of aromatic nitrogens is 2. The average Bonchev–Trinajstić information content (AvgIpc) is 3.18. The number of carbonyl (C=O) groups excluding carboxylic acids is 1. The van der Waals surface area contributed by atoms with E-state index in [2.05, 4.69) is 15.6 Å². The van der Waals surface area contributed by atoms with Crippen molar-refractivity contribution in [3.05, 3.63) is 71.5 Å². The average molecular weight is 496 g/mol. The van der Waals surface area contributed by atoms with E-state index in [1.54, 1.807) is 41.3 Å². The van der Waals surface area contributed by atoms with Crippen LogP contribution in [-0.2, 0) is 14.6 Å². The molecule has 6 nitrogen and oxygen atoms in total. The smallest absolute Gasteiger partial charge is 0.223 e. The Kier molecular flexibility index (Phi) is 6.08. The quantitative estimate of drug-likeness (QED) is 0.382. The first-order valence-corrected chi connectivity index (χ1v) is 13.5. The minimum Gasteiger partial charge on any atom is -0.343 e. The van der Waals surface area contributed by atoms with E-state index in [4.69, 9.17) is 11.6 Å². The van der Waals surface area contributed by atoms with Crippen molar-refractivity contribution in [3.63, 3.8) is 0 Å². The fourth-order valence-electron chi connectivity index (χ4n) is 4.89. The van der Waals surface area contributed by atoms with E-state index in [0.717, 1.165) is 40.5 Å². The third kappa shape index (κ3) is 4.42. The number of amides is 1. The number of aryl methyl sites for hydroxylation is 1. The molecule has 0 unspecified atom stereocenters. The Morgan fingerprint density at radius 3 is 2.53 bits per heavy atom. The number of rotatable bonds is 5. The molecule has 1 amide bonds. The first-order chi connectivity index (χ1) is 16.3. The van der Waals surface area contributed by atoms with Crippen LogP contribution in [0.2, 0.25) is 5.02 Å². The summed E-state index contributed by atoms with van der Waals surface area (Å²) in [5.41, 5.74) is 2.11. The number of sulfone groups is 1. The van der Waals surface area contributed by atoms with Gasteiger partial charge in [-0.1, -0.05) is 35.9 Å². The van der Waals surface area contributed by atoms with Gasteiger partial charge >= 0.3 is 0 Å². The van der Waals surface area contributed by atoms with Gasteiger partial charge in [0.05, 0.1) is 21.7 Å². The van der Waals surface area contributed by atoms with E-state index in [1.807, 2.05) is 25.1 Å². The maximum absolute atomic E-state index is 12.9. The third-order valence-electron chi connectivity index (χ3n) is 6.67. The van der Waals surface area contributed by atoms with Gasteiger partial charge in [0.15, 0.2) is 9.84 Å². The number of hydrogen-bond donors (Lipinski definition) is 0. The van der Waals surface area contributed by atoms with Crippen molar-refractivity contribution < 1.29 is 13.2 Å². The number of benzene rings is 3. The molecule has 1 fully saturated rings. The second-order valence-corrected chi connectivity index (χ2v) is 11.4. The molecule has 1 aromatic heterocycles. The van der Waals surface area contributed by atoms with Crippen LogP contribution >= 0.6 is 11.6 Å². The highest BCUT2D eigenvalue weighted by Gasteiger charge is 2.27. The van der Waals surface area contributed by atoms with Crippen LogP contribution in [0, 0.1) is 6.92 Å². The first-order valence-electron chi connectivity index (χ1n) is 11.5. The van der Waals surface area contributed by atoms with Gasteiger partial charge in [-0.3, -0.25) is 4.79 Å². The molecule has 0 atom stereocenters. The Morgan fingerprint density at radius 2 is 1.74 bits per heavy atom. The molecule has 3 aromatic carbocycles. The van der Waals surface area contributed by atoms with E-state index in [0.29, 0.717) is 18.1 Å². The summed E-state index contributed by atoms with van der Waals surface area (Å²) in [5, 5.41) is 2.29. The normalized spacial score (nSPS) is 15.3. The summed E-state index contributed by atoms with van der Waals surface area (Å²) in [4.78, 5) is 19.5. The minimum absolute atomic E-state index is 0.0152. The van der Waals surface area contributed by atoms with E-state index >= 15 is 0 Å². The van der Waals surface area contributed by atoms with Gasteiger partial charge in [0.25, 0.3) is 0 Å².